The van der Waals surface area contributed by atoms with Crippen molar-refractivity contribution in [1.82, 2.24) is 9.80 Å². The van der Waals surface area contributed by atoms with E-state index in [1.165, 1.54) is 0 Å². The van der Waals surface area contributed by atoms with E-state index in [1.54, 1.807) is 17.0 Å². The molecule has 196 valence electrons. The Kier molecular flexibility index (Phi) is 9.55. The molecule has 5 atom stereocenters. The van der Waals surface area contributed by atoms with Gasteiger partial charge in [0.15, 0.2) is 6.29 Å². The van der Waals surface area contributed by atoms with Crippen LogP contribution in [0.1, 0.15) is 51.9 Å². The lowest BCUT2D eigenvalue weighted by molar-refractivity contribution is -0.254. The summed E-state index contributed by atoms with van der Waals surface area (Å²) in [7, 11) is 0. The predicted octanol–water partition coefficient (Wildman–Crippen LogP) is 4.05. The highest BCUT2D eigenvalue weighted by Gasteiger charge is 2.40. The first-order valence-corrected chi connectivity index (χ1v) is 12.7. The lowest BCUT2D eigenvalue weighted by Gasteiger charge is -2.43. The van der Waals surface area contributed by atoms with Crippen molar-refractivity contribution in [3.63, 3.8) is 0 Å². The summed E-state index contributed by atoms with van der Waals surface area (Å²) in [6.07, 6.45) is -0.805. The molecule has 1 aromatic carbocycles. The van der Waals surface area contributed by atoms with Crippen molar-refractivity contribution in [1.29, 1.82) is 0 Å². The maximum absolute atomic E-state index is 12.4. The maximum atomic E-state index is 12.4. The van der Waals surface area contributed by atoms with E-state index in [0.29, 0.717) is 31.2 Å². The molecule has 3 rings (SSSR count). The number of esters is 1. The summed E-state index contributed by atoms with van der Waals surface area (Å²) in [5.74, 6) is 0.506. The van der Waals surface area contributed by atoms with Crippen molar-refractivity contribution >= 4 is 12.1 Å². The number of nitrogens with zero attached hydrogens (tertiary/aromatic N) is 2. The van der Waals surface area contributed by atoms with Gasteiger partial charge >= 0.3 is 12.1 Å². The van der Waals surface area contributed by atoms with Crippen LogP contribution in [0.4, 0.5) is 4.79 Å². The first-order valence-electron chi connectivity index (χ1n) is 12.7. The largest absolute Gasteiger partial charge is 0.459 e. The molecule has 2 aliphatic heterocycles. The Morgan fingerprint density at radius 2 is 1.63 bits per heavy atom. The molecule has 0 radical (unpaired) electrons. The van der Waals surface area contributed by atoms with Gasteiger partial charge in [-0.05, 0) is 44.7 Å². The van der Waals surface area contributed by atoms with Crippen LogP contribution in [0.5, 0.6) is 0 Å². The molecule has 0 spiro atoms. The van der Waals surface area contributed by atoms with E-state index in [1.807, 2.05) is 39.0 Å². The number of carbonyl (C=O) groups is 2. The third-order valence-corrected chi connectivity index (χ3v) is 7.09. The van der Waals surface area contributed by atoms with Crippen molar-refractivity contribution in [2.24, 2.45) is 17.8 Å². The van der Waals surface area contributed by atoms with Crippen LogP contribution in [0, 0.1) is 17.8 Å². The highest BCUT2D eigenvalue weighted by Crippen LogP contribution is 2.35. The summed E-state index contributed by atoms with van der Waals surface area (Å²) in [6, 6.07) is 9.01. The molecule has 35 heavy (non-hydrogen) atoms. The van der Waals surface area contributed by atoms with Crippen molar-refractivity contribution in [3.05, 3.63) is 35.9 Å². The molecular formula is C27H42N2O6. The third kappa shape index (κ3) is 7.92. The zero-order valence-corrected chi connectivity index (χ0v) is 22.1. The minimum Gasteiger partial charge on any atom is -0.459 e. The molecule has 1 amide bonds. The fourth-order valence-electron chi connectivity index (χ4n) is 4.46. The Morgan fingerprint density at radius 3 is 2.26 bits per heavy atom. The number of carbonyl (C=O) groups excluding carboxylic acids is 2. The molecule has 2 fully saturated rings. The lowest BCUT2D eigenvalue weighted by atomic mass is 9.79. The quantitative estimate of drug-likeness (QED) is 0.534. The van der Waals surface area contributed by atoms with Gasteiger partial charge in [0.05, 0.1) is 18.3 Å². The standard InChI is InChI=1S/C27H42N2O6/c1-19-20(2)23(18-33-24(30)22-10-8-7-9-11-22)34-25(21(19)3)32-17-16-28-12-14-29(15-13-28)26(31)35-27(4,5)6/h7-11,19-21,23,25H,12-18H2,1-6H3. The Bertz CT molecular complexity index is 819. The van der Waals surface area contributed by atoms with Crippen molar-refractivity contribution in [2.75, 3.05) is 45.9 Å². The number of piperazine rings is 1. The number of ether oxygens (including phenoxy) is 4. The number of rotatable bonds is 7. The second-order valence-electron chi connectivity index (χ2n) is 10.8. The van der Waals surface area contributed by atoms with Crippen LogP contribution in [0.2, 0.25) is 0 Å². The molecule has 2 saturated heterocycles. The van der Waals surface area contributed by atoms with Crippen LogP contribution in [0.15, 0.2) is 30.3 Å². The topological polar surface area (TPSA) is 77.5 Å². The minimum atomic E-state index is -0.481. The normalized spacial score (nSPS) is 27.9. The first kappa shape index (κ1) is 27.4. The maximum Gasteiger partial charge on any atom is 0.410 e. The molecule has 0 aliphatic carbocycles. The van der Waals surface area contributed by atoms with Gasteiger partial charge in [-0.3, -0.25) is 4.90 Å². The Labute approximate surface area is 209 Å². The van der Waals surface area contributed by atoms with Crippen LogP contribution in [0.3, 0.4) is 0 Å². The molecule has 8 heteroatoms. The Morgan fingerprint density at radius 1 is 0.971 bits per heavy atom. The second-order valence-corrected chi connectivity index (χ2v) is 10.8. The SMILES string of the molecule is CC1C(COC(=O)c2ccccc2)OC(OCCN2CCN(C(=O)OC(C)(C)C)CC2)C(C)C1C. The Hall–Kier alpha value is -2.16. The zero-order chi connectivity index (χ0) is 25.6. The monoisotopic (exact) mass is 490 g/mol. The summed E-state index contributed by atoms with van der Waals surface area (Å²) in [4.78, 5) is 28.7. The van der Waals surface area contributed by atoms with Crippen LogP contribution >= 0.6 is 0 Å². The number of benzene rings is 1. The van der Waals surface area contributed by atoms with Crippen molar-refractivity contribution in [2.45, 2.75) is 59.5 Å². The van der Waals surface area contributed by atoms with Crippen LogP contribution in [0.25, 0.3) is 0 Å². The Balaban J connectivity index is 1.42. The van der Waals surface area contributed by atoms with E-state index >= 15 is 0 Å². The van der Waals surface area contributed by atoms with Gasteiger partial charge in [0, 0.05) is 38.6 Å². The fraction of sp³-hybridized carbons (Fsp3) is 0.704. The van der Waals surface area contributed by atoms with Crippen LogP contribution < -0.4 is 0 Å². The average Bonchev–Trinajstić information content (AvgIpc) is 2.83. The van der Waals surface area contributed by atoms with E-state index in [4.69, 9.17) is 18.9 Å². The van der Waals surface area contributed by atoms with Gasteiger partial charge in [-0.15, -0.1) is 0 Å². The summed E-state index contributed by atoms with van der Waals surface area (Å²) in [6.45, 7) is 16.5. The van der Waals surface area contributed by atoms with Gasteiger partial charge < -0.3 is 23.8 Å². The first-order chi connectivity index (χ1) is 16.5. The van der Waals surface area contributed by atoms with Gasteiger partial charge in [-0.2, -0.15) is 0 Å². The van der Waals surface area contributed by atoms with Crippen LogP contribution in [-0.4, -0.2) is 85.8 Å². The van der Waals surface area contributed by atoms with E-state index in [-0.39, 0.29) is 42.9 Å². The molecule has 5 unspecified atom stereocenters. The van der Waals surface area contributed by atoms with Gasteiger partial charge in [-0.1, -0.05) is 39.0 Å². The molecule has 1 aromatic rings. The number of hydrogen-bond donors (Lipinski definition) is 0. The summed E-state index contributed by atoms with van der Waals surface area (Å²) >= 11 is 0. The predicted molar refractivity (Wildman–Crippen MR) is 133 cm³/mol. The number of amides is 1. The molecule has 2 heterocycles. The van der Waals surface area contributed by atoms with E-state index in [0.717, 1.165) is 19.6 Å². The molecule has 0 N–H and O–H groups in total. The molecule has 0 aromatic heterocycles. The van der Waals surface area contributed by atoms with E-state index in [9.17, 15) is 9.59 Å². The average molecular weight is 491 g/mol. The third-order valence-electron chi connectivity index (χ3n) is 7.09. The van der Waals surface area contributed by atoms with Gasteiger partial charge in [0.1, 0.15) is 12.2 Å². The highest BCUT2D eigenvalue weighted by molar-refractivity contribution is 5.89. The van der Waals surface area contributed by atoms with Crippen molar-refractivity contribution in [3.8, 4) is 0 Å². The summed E-state index contributed by atoms with van der Waals surface area (Å²) < 4.78 is 23.5. The highest BCUT2D eigenvalue weighted by atomic mass is 16.7. The summed E-state index contributed by atoms with van der Waals surface area (Å²) in [5, 5.41) is 0. The second kappa shape index (κ2) is 12.2. The van der Waals surface area contributed by atoms with Crippen molar-refractivity contribution < 1.29 is 28.5 Å². The van der Waals surface area contributed by atoms with E-state index < -0.39 is 5.60 Å². The number of hydrogen-bond acceptors (Lipinski definition) is 7. The molecule has 2 aliphatic rings. The molecule has 8 nitrogen and oxygen atoms in total. The smallest absolute Gasteiger partial charge is 0.410 e. The lowest BCUT2D eigenvalue weighted by Crippen LogP contribution is -2.51. The van der Waals surface area contributed by atoms with Crippen LogP contribution in [-0.2, 0) is 18.9 Å². The van der Waals surface area contributed by atoms with E-state index in [2.05, 4.69) is 25.7 Å². The molecule has 0 bridgehead atoms. The minimum absolute atomic E-state index is 0.207. The molecular weight excluding hydrogens is 448 g/mol. The zero-order valence-electron chi connectivity index (χ0n) is 22.1. The van der Waals surface area contributed by atoms with Gasteiger partial charge in [0.2, 0.25) is 0 Å². The van der Waals surface area contributed by atoms with Gasteiger partial charge in [-0.25, -0.2) is 9.59 Å². The fourth-order valence-corrected chi connectivity index (χ4v) is 4.46. The van der Waals surface area contributed by atoms with Gasteiger partial charge in [0.25, 0.3) is 0 Å². The summed E-state index contributed by atoms with van der Waals surface area (Å²) in [5.41, 5.74) is 0.0578. The molecule has 0 saturated carbocycles.